The van der Waals surface area contributed by atoms with E-state index in [0.717, 1.165) is 31.4 Å². The first kappa shape index (κ1) is 17.2. The van der Waals surface area contributed by atoms with E-state index in [1.165, 1.54) is 6.07 Å². The first-order valence-corrected chi connectivity index (χ1v) is 7.70. The van der Waals surface area contributed by atoms with Gasteiger partial charge in [-0.1, -0.05) is 13.8 Å². The van der Waals surface area contributed by atoms with E-state index >= 15 is 0 Å². The van der Waals surface area contributed by atoms with E-state index in [0.29, 0.717) is 0 Å². The summed E-state index contributed by atoms with van der Waals surface area (Å²) in [5.41, 5.74) is -0.302. The molecule has 23 heavy (non-hydrogen) atoms. The molecular weight excluding hydrogens is 300 g/mol. The Kier molecular flexibility index (Phi) is 4.89. The lowest BCUT2D eigenvalue weighted by Crippen LogP contribution is -2.64. The number of carbonyl (C=O) groups is 1. The standard InChI is InChI=1S/C16H22N2O5/c1-4-16(5-2)13(9-14(16)23-3)17-15(20)10-6-7-11(18(21)22)12(19)8-10/h6-8,13-14,19H,4-5,9H2,1-3H3,(H,17,20)/t13-,14-/m0/s1. The highest BCUT2D eigenvalue weighted by Gasteiger charge is 2.53. The van der Waals surface area contributed by atoms with E-state index in [4.69, 9.17) is 4.74 Å². The first-order chi connectivity index (χ1) is 10.9. The quantitative estimate of drug-likeness (QED) is 0.619. The molecule has 7 nitrogen and oxygen atoms in total. The fraction of sp³-hybridized carbons (Fsp3) is 0.562. The maximum atomic E-state index is 12.4. The highest BCUT2D eigenvalue weighted by molar-refractivity contribution is 5.95. The van der Waals surface area contributed by atoms with Gasteiger partial charge in [-0.2, -0.15) is 0 Å². The Morgan fingerprint density at radius 3 is 2.61 bits per heavy atom. The second-order valence-electron chi connectivity index (χ2n) is 5.89. The van der Waals surface area contributed by atoms with Gasteiger partial charge in [0.25, 0.3) is 5.91 Å². The minimum Gasteiger partial charge on any atom is -0.502 e. The van der Waals surface area contributed by atoms with Crippen LogP contribution in [-0.2, 0) is 4.74 Å². The summed E-state index contributed by atoms with van der Waals surface area (Å²) in [4.78, 5) is 22.4. The van der Waals surface area contributed by atoms with Crippen LogP contribution in [-0.4, -0.2) is 35.2 Å². The molecule has 1 aromatic rings. The maximum Gasteiger partial charge on any atom is 0.310 e. The minimum absolute atomic E-state index is 0.00714. The highest BCUT2D eigenvalue weighted by atomic mass is 16.6. The number of hydrogen-bond donors (Lipinski definition) is 2. The van der Waals surface area contributed by atoms with Gasteiger partial charge in [-0.05, 0) is 31.4 Å². The minimum atomic E-state index is -0.689. The summed E-state index contributed by atoms with van der Waals surface area (Å²) in [5, 5.41) is 23.3. The normalized spacial score (nSPS) is 22.2. The number of nitro groups is 1. The zero-order chi connectivity index (χ0) is 17.2. The molecule has 1 aromatic carbocycles. The molecule has 0 bridgehead atoms. The van der Waals surface area contributed by atoms with E-state index in [1.807, 2.05) is 0 Å². The summed E-state index contributed by atoms with van der Waals surface area (Å²) in [7, 11) is 1.68. The van der Waals surface area contributed by atoms with Crippen molar-refractivity contribution in [2.75, 3.05) is 7.11 Å². The second kappa shape index (κ2) is 6.54. The molecule has 1 amide bonds. The Morgan fingerprint density at radius 2 is 2.13 bits per heavy atom. The number of phenolic OH excluding ortho intramolecular Hbond substituents is 1. The van der Waals surface area contributed by atoms with Crippen LogP contribution in [0.1, 0.15) is 43.5 Å². The van der Waals surface area contributed by atoms with Gasteiger partial charge in [0.1, 0.15) is 0 Å². The topological polar surface area (TPSA) is 102 Å². The van der Waals surface area contributed by atoms with Gasteiger partial charge in [-0.15, -0.1) is 0 Å². The molecule has 2 atom stereocenters. The molecule has 1 aliphatic rings. The summed E-state index contributed by atoms with van der Waals surface area (Å²) in [5.74, 6) is -0.857. The molecule has 0 spiro atoms. The number of nitro benzene ring substituents is 1. The van der Waals surface area contributed by atoms with Crippen molar-refractivity contribution in [2.24, 2.45) is 5.41 Å². The number of nitrogens with one attached hydrogen (secondary N) is 1. The van der Waals surface area contributed by atoms with Gasteiger partial charge in [0.2, 0.25) is 0 Å². The lowest BCUT2D eigenvalue weighted by molar-refractivity contribution is -0.385. The van der Waals surface area contributed by atoms with Gasteiger partial charge in [-0.3, -0.25) is 14.9 Å². The maximum absolute atomic E-state index is 12.4. The Morgan fingerprint density at radius 1 is 1.48 bits per heavy atom. The smallest absolute Gasteiger partial charge is 0.310 e. The molecular formula is C16H22N2O5. The lowest BCUT2D eigenvalue weighted by atomic mass is 9.58. The zero-order valence-electron chi connectivity index (χ0n) is 13.5. The molecule has 7 heteroatoms. The third kappa shape index (κ3) is 2.88. The molecule has 0 aromatic heterocycles. The van der Waals surface area contributed by atoms with Gasteiger partial charge in [-0.25, -0.2) is 0 Å². The Balaban J connectivity index is 2.14. The summed E-state index contributed by atoms with van der Waals surface area (Å²) in [6, 6.07) is 3.60. The number of carbonyl (C=O) groups excluding carboxylic acids is 1. The molecule has 0 unspecified atom stereocenters. The molecule has 2 N–H and O–H groups in total. The summed E-state index contributed by atoms with van der Waals surface area (Å²) in [6.07, 6.45) is 2.63. The number of nitrogens with zero attached hydrogens (tertiary/aromatic N) is 1. The molecule has 126 valence electrons. The third-order valence-electron chi connectivity index (χ3n) is 5.13. The van der Waals surface area contributed by atoms with Crippen molar-refractivity contribution in [1.29, 1.82) is 0 Å². The summed E-state index contributed by atoms with van der Waals surface area (Å²) < 4.78 is 5.50. The zero-order valence-corrected chi connectivity index (χ0v) is 13.5. The van der Waals surface area contributed by atoms with E-state index in [1.54, 1.807) is 7.11 Å². The van der Waals surface area contributed by atoms with Crippen LogP contribution in [0.15, 0.2) is 18.2 Å². The van der Waals surface area contributed by atoms with Crippen molar-refractivity contribution in [3.8, 4) is 5.75 Å². The van der Waals surface area contributed by atoms with Crippen molar-refractivity contribution in [3.63, 3.8) is 0 Å². The van der Waals surface area contributed by atoms with Crippen molar-refractivity contribution in [2.45, 2.75) is 45.3 Å². The van der Waals surface area contributed by atoms with Crippen LogP contribution in [0.2, 0.25) is 0 Å². The average molecular weight is 322 g/mol. The number of ether oxygens (including phenoxy) is 1. The molecule has 1 aliphatic carbocycles. The second-order valence-corrected chi connectivity index (χ2v) is 5.89. The number of hydrogen-bond acceptors (Lipinski definition) is 5. The largest absolute Gasteiger partial charge is 0.502 e. The third-order valence-corrected chi connectivity index (χ3v) is 5.13. The van der Waals surface area contributed by atoms with Crippen molar-refractivity contribution < 1.29 is 19.6 Å². The monoisotopic (exact) mass is 322 g/mol. The molecule has 0 saturated heterocycles. The Hall–Kier alpha value is -2.15. The molecule has 0 radical (unpaired) electrons. The number of benzene rings is 1. The van der Waals surface area contributed by atoms with Crippen molar-refractivity contribution in [1.82, 2.24) is 5.32 Å². The average Bonchev–Trinajstić information content (AvgIpc) is 2.51. The molecule has 0 aliphatic heterocycles. The fourth-order valence-electron chi connectivity index (χ4n) is 3.54. The van der Waals surface area contributed by atoms with Gasteiger partial charge < -0.3 is 15.2 Å². The van der Waals surface area contributed by atoms with Gasteiger partial charge >= 0.3 is 5.69 Å². The molecule has 0 heterocycles. The molecule has 2 rings (SSSR count). The van der Waals surface area contributed by atoms with E-state index in [-0.39, 0.29) is 29.0 Å². The fourth-order valence-corrected chi connectivity index (χ4v) is 3.54. The lowest BCUT2D eigenvalue weighted by Gasteiger charge is -2.55. The highest BCUT2D eigenvalue weighted by Crippen LogP contribution is 2.48. The van der Waals surface area contributed by atoms with Gasteiger partial charge in [0.15, 0.2) is 5.75 Å². The van der Waals surface area contributed by atoms with Gasteiger partial charge in [0, 0.05) is 30.2 Å². The van der Waals surface area contributed by atoms with Crippen LogP contribution >= 0.6 is 0 Å². The number of methoxy groups -OCH3 is 1. The Bertz CT molecular complexity index is 612. The summed E-state index contributed by atoms with van der Waals surface area (Å²) >= 11 is 0. The summed E-state index contributed by atoms with van der Waals surface area (Å²) in [6.45, 7) is 4.15. The number of aromatic hydroxyl groups is 1. The van der Waals surface area contributed by atoms with Crippen LogP contribution in [0.4, 0.5) is 5.69 Å². The number of rotatable bonds is 6. The predicted molar refractivity (Wildman–Crippen MR) is 84.4 cm³/mol. The molecule has 1 fully saturated rings. The predicted octanol–water partition coefficient (Wildman–Crippen LogP) is 2.62. The first-order valence-electron chi connectivity index (χ1n) is 7.70. The van der Waals surface area contributed by atoms with E-state index in [9.17, 15) is 20.0 Å². The van der Waals surface area contributed by atoms with Crippen LogP contribution in [0.25, 0.3) is 0 Å². The SMILES string of the molecule is CCC1(CC)[C@@H](NC(=O)c2ccc([N+](=O)[O-])c(O)c2)C[C@@H]1OC. The van der Waals surface area contributed by atoms with Gasteiger partial charge in [0.05, 0.1) is 11.0 Å². The number of phenols is 1. The van der Waals surface area contributed by atoms with Crippen LogP contribution < -0.4 is 5.32 Å². The Labute approximate surface area is 134 Å². The van der Waals surface area contributed by atoms with E-state index < -0.39 is 16.4 Å². The van der Waals surface area contributed by atoms with Crippen LogP contribution in [0.3, 0.4) is 0 Å². The van der Waals surface area contributed by atoms with Crippen LogP contribution in [0.5, 0.6) is 5.75 Å². The molecule has 1 saturated carbocycles. The van der Waals surface area contributed by atoms with Crippen LogP contribution in [0, 0.1) is 15.5 Å². The van der Waals surface area contributed by atoms with E-state index in [2.05, 4.69) is 19.2 Å². The van der Waals surface area contributed by atoms with Crippen molar-refractivity contribution in [3.05, 3.63) is 33.9 Å². The van der Waals surface area contributed by atoms with Crippen molar-refractivity contribution >= 4 is 11.6 Å². The number of amides is 1.